The summed E-state index contributed by atoms with van der Waals surface area (Å²) in [6, 6.07) is 0. The Morgan fingerprint density at radius 2 is 2.27 bits per heavy atom. The lowest BCUT2D eigenvalue weighted by atomic mass is 10.3. The fourth-order valence-electron chi connectivity index (χ4n) is 1.31. The smallest absolute Gasteiger partial charge is 0.227 e. The Hall–Kier alpha value is -0.550. The van der Waals surface area contributed by atoms with E-state index in [1.165, 1.54) is 6.20 Å². The van der Waals surface area contributed by atoms with E-state index in [0.717, 1.165) is 0 Å². The highest BCUT2D eigenvalue weighted by atomic mass is 35.5. The highest BCUT2D eigenvalue weighted by Gasteiger charge is 2.22. The van der Waals surface area contributed by atoms with E-state index in [1.54, 1.807) is 10.8 Å². The first-order valence-electron chi connectivity index (χ1n) is 4.81. The molecule has 0 fully saturated rings. The van der Waals surface area contributed by atoms with E-state index >= 15 is 0 Å². The minimum atomic E-state index is -3.30. The van der Waals surface area contributed by atoms with E-state index in [1.807, 2.05) is 13.8 Å². The van der Waals surface area contributed by atoms with Gasteiger partial charge in [-0.05, 0) is 12.8 Å². The summed E-state index contributed by atoms with van der Waals surface area (Å²) < 4.78 is 25.4. The number of imidazole rings is 1. The maximum absolute atomic E-state index is 11.9. The molecule has 0 N–H and O–H groups in total. The molecule has 1 heterocycles. The predicted molar refractivity (Wildman–Crippen MR) is 59.8 cm³/mol. The molecule has 0 aliphatic rings. The van der Waals surface area contributed by atoms with Crippen LogP contribution in [0.5, 0.6) is 0 Å². The highest BCUT2D eigenvalue weighted by molar-refractivity contribution is 7.91. The Morgan fingerprint density at radius 1 is 1.60 bits per heavy atom. The third-order valence-electron chi connectivity index (χ3n) is 2.06. The van der Waals surface area contributed by atoms with Crippen LogP contribution in [0, 0.1) is 5.92 Å². The fourth-order valence-corrected chi connectivity index (χ4v) is 3.33. The van der Waals surface area contributed by atoms with E-state index in [-0.39, 0.29) is 16.8 Å². The summed E-state index contributed by atoms with van der Waals surface area (Å²) in [7, 11) is -3.30. The standard InChI is InChI=1S/C9H15ClN2O2S/c1-3-12-5-4-11-9(12)15(13,14)7-8(2)6-10/h4-5,8H,3,6-7H2,1-2H3. The van der Waals surface area contributed by atoms with Gasteiger partial charge in [0.25, 0.3) is 0 Å². The molecule has 4 nitrogen and oxygen atoms in total. The number of sulfone groups is 1. The number of nitrogens with zero attached hydrogens (tertiary/aromatic N) is 2. The van der Waals surface area contributed by atoms with Crippen LogP contribution in [0.2, 0.25) is 0 Å². The summed E-state index contributed by atoms with van der Waals surface area (Å²) in [5.74, 6) is 0.332. The Labute approximate surface area is 95.2 Å². The summed E-state index contributed by atoms with van der Waals surface area (Å²) in [5.41, 5.74) is 0. The first kappa shape index (κ1) is 12.5. The zero-order valence-electron chi connectivity index (χ0n) is 8.85. The number of aryl methyl sites for hydroxylation is 1. The van der Waals surface area contributed by atoms with Crippen molar-refractivity contribution in [1.29, 1.82) is 0 Å². The van der Waals surface area contributed by atoms with E-state index in [0.29, 0.717) is 12.4 Å². The number of hydrogen-bond donors (Lipinski definition) is 0. The molecular formula is C9H15ClN2O2S. The molecule has 0 amide bonds. The molecular weight excluding hydrogens is 236 g/mol. The van der Waals surface area contributed by atoms with E-state index in [4.69, 9.17) is 11.6 Å². The zero-order valence-corrected chi connectivity index (χ0v) is 10.4. The molecule has 6 heteroatoms. The fraction of sp³-hybridized carbons (Fsp3) is 0.667. The van der Waals surface area contributed by atoms with Crippen LogP contribution in [0.3, 0.4) is 0 Å². The molecule has 86 valence electrons. The molecule has 0 bridgehead atoms. The summed E-state index contributed by atoms with van der Waals surface area (Å²) >= 11 is 5.60. The molecule has 0 aliphatic carbocycles. The van der Waals surface area contributed by atoms with Crippen molar-refractivity contribution in [3.63, 3.8) is 0 Å². The number of hydrogen-bond acceptors (Lipinski definition) is 3. The van der Waals surface area contributed by atoms with Gasteiger partial charge in [0.15, 0.2) is 0 Å². The second kappa shape index (κ2) is 4.99. The van der Waals surface area contributed by atoms with Crippen molar-refractivity contribution >= 4 is 21.4 Å². The van der Waals surface area contributed by atoms with Crippen molar-refractivity contribution in [2.24, 2.45) is 5.92 Å². The van der Waals surface area contributed by atoms with Crippen molar-refractivity contribution < 1.29 is 8.42 Å². The second-order valence-electron chi connectivity index (χ2n) is 3.54. The third-order valence-corrected chi connectivity index (χ3v) is 4.49. The van der Waals surface area contributed by atoms with Gasteiger partial charge in [0.1, 0.15) is 0 Å². The zero-order chi connectivity index (χ0) is 11.5. The largest absolute Gasteiger partial charge is 0.322 e. The molecule has 1 aromatic heterocycles. The number of halogens is 1. The van der Waals surface area contributed by atoms with Crippen molar-refractivity contribution in [3.8, 4) is 0 Å². The van der Waals surface area contributed by atoms with Gasteiger partial charge in [0.05, 0.1) is 5.75 Å². The van der Waals surface area contributed by atoms with Gasteiger partial charge in [0.2, 0.25) is 15.0 Å². The molecule has 1 atom stereocenters. The molecule has 0 aliphatic heterocycles. The summed E-state index contributed by atoms with van der Waals surface area (Å²) in [6.07, 6.45) is 3.17. The van der Waals surface area contributed by atoms with Crippen LogP contribution in [0.25, 0.3) is 0 Å². The Bertz CT molecular complexity index is 414. The molecule has 1 rings (SSSR count). The Balaban J connectivity index is 2.96. The van der Waals surface area contributed by atoms with Crippen LogP contribution in [-0.2, 0) is 16.4 Å². The van der Waals surface area contributed by atoms with Crippen molar-refractivity contribution in [3.05, 3.63) is 12.4 Å². The van der Waals surface area contributed by atoms with Crippen molar-refractivity contribution in [1.82, 2.24) is 9.55 Å². The molecule has 15 heavy (non-hydrogen) atoms. The topological polar surface area (TPSA) is 52.0 Å². The summed E-state index contributed by atoms with van der Waals surface area (Å²) in [5, 5.41) is 0.141. The third kappa shape index (κ3) is 2.95. The maximum atomic E-state index is 11.9. The van der Waals surface area contributed by atoms with Gasteiger partial charge >= 0.3 is 0 Å². The van der Waals surface area contributed by atoms with Gasteiger partial charge < -0.3 is 4.57 Å². The molecule has 0 saturated heterocycles. The molecule has 1 unspecified atom stereocenters. The van der Waals surface area contributed by atoms with Crippen LogP contribution >= 0.6 is 11.6 Å². The lowest BCUT2D eigenvalue weighted by Gasteiger charge is -2.09. The summed E-state index contributed by atoms with van der Waals surface area (Å²) in [6.45, 7) is 4.29. The maximum Gasteiger partial charge on any atom is 0.227 e. The van der Waals surface area contributed by atoms with Crippen molar-refractivity contribution in [2.75, 3.05) is 11.6 Å². The van der Waals surface area contributed by atoms with Gasteiger partial charge in [-0.2, -0.15) is 0 Å². The predicted octanol–water partition coefficient (Wildman–Crippen LogP) is 1.55. The molecule has 0 aromatic carbocycles. The van der Waals surface area contributed by atoms with Crippen molar-refractivity contribution in [2.45, 2.75) is 25.5 Å². The molecule has 0 saturated carbocycles. The average Bonchev–Trinajstić information content (AvgIpc) is 2.65. The lowest BCUT2D eigenvalue weighted by molar-refractivity contribution is 0.558. The van der Waals surface area contributed by atoms with Gasteiger partial charge in [-0.25, -0.2) is 13.4 Å². The van der Waals surface area contributed by atoms with Crippen LogP contribution in [-0.4, -0.2) is 29.6 Å². The quantitative estimate of drug-likeness (QED) is 0.745. The highest BCUT2D eigenvalue weighted by Crippen LogP contribution is 2.13. The van der Waals surface area contributed by atoms with Gasteiger partial charge in [-0.15, -0.1) is 11.6 Å². The number of rotatable bonds is 5. The number of alkyl halides is 1. The normalized spacial score (nSPS) is 14.1. The van der Waals surface area contributed by atoms with Crippen LogP contribution in [0.1, 0.15) is 13.8 Å². The first-order chi connectivity index (χ1) is 7.01. The number of aromatic nitrogens is 2. The second-order valence-corrected chi connectivity index (χ2v) is 5.77. The average molecular weight is 251 g/mol. The summed E-state index contributed by atoms with van der Waals surface area (Å²) in [4.78, 5) is 3.88. The van der Waals surface area contributed by atoms with Crippen LogP contribution in [0.4, 0.5) is 0 Å². The van der Waals surface area contributed by atoms with E-state index in [9.17, 15) is 8.42 Å². The Morgan fingerprint density at radius 3 is 2.80 bits per heavy atom. The molecule has 0 radical (unpaired) electrons. The van der Waals surface area contributed by atoms with Gasteiger partial charge in [0, 0.05) is 24.8 Å². The van der Waals surface area contributed by atoms with E-state index < -0.39 is 9.84 Å². The minimum Gasteiger partial charge on any atom is -0.322 e. The van der Waals surface area contributed by atoms with Gasteiger partial charge in [-0.3, -0.25) is 0 Å². The lowest BCUT2D eigenvalue weighted by Crippen LogP contribution is -2.19. The minimum absolute atomic E-state index is 0.0491. The van der Waals surface area contributed by atoms with E-state index in [2.05, 4.69) is 4.98 Å². The Kier molecular flexibility index (Phi) is 4.16. The molecule has 1 aromatic rings. The van der Waals surface area contributed by atoms with Crippen LogP contribution in [0.15, 0.2) is 17.6 Å². The molecule has 0 spiro atoms. The SMILES string of the molecule is CCn1ccnc1S(=O)(=O)CC(C)CCl. The monoisotopic (exact) mass is 250 g/mol. The first-order valence-corrected chi connectivity index (χ1v) is 6.99. The van der Waals surface area contributed by atoms with Crippen LogP contribution < -0.4 is 0 Å². The van der Waals surface area contributed by atoms with Gasteiger partial charge in [-0.1, -0.05) is 6.92 Å².